The molecule has 2 rings (SSSR count). The summed E-state index contributed by atoms with van der Waals surface area (Å²) in [5.74, 6) is 2.67. The van der Waals surface area contributed by atoms with Crippen molar-refractivity contribution in [2.24, 2.45) is 9.98 Å². The van der Waals surface area contributed by atoms with E-state index in [2.05, 4.69) is 15.9 Å². The first-order chi connectivity index (χ1) is 6.47. The molecule has 0 saturated carbocycles. The number of benzene rings is 1. The van der Waals surface area contributed by atoms with E-state index in [0.717, 1.165) is 11.1 Å². The Kier molecular flexibility index (Phi) is 2.17. The van der Waals surface area contributed by atoms with Crippen LogP contribution in [0.25, 0.3) is 5.57 Å². The molecule has 1 aromatic rings. The third-order valence-electron chi connectivity index (χ3n) is 1.73. The minimum Gasteiger partial charge on any atom is -0.254 e. The summed E-state index contributed by atoms with van der Waals surface area (Å²) in [6.07, 6.45) is 5.08. The second-order valence-electron chi connectivity index (χ2n) is 2.62. The Bertz CT molecular complexity index is 407. The molecule has 0 N–H and O–H groups in total. The fourth-order valence-electron chi connectivity index (χ4n) is 1.10. The Morgan fingerprint density at radius 3 is 2.77 bits per heavy atom. The van der Waals surface area contributed by atoms with Crippen LogP contribution < -0.4 is 0 Å². The van der Waals surface area contributed by atoms with Crippen molar-refractivity contribution in [1.82, 2.24) is 0 Å². The molecule has 2 heteroatoms. The first-order valence-electron chi connectivity index (χ1n) is 4.02. The Morgan fingerprint density at radius 1 is 1.08 bits per heavy atom. The largest absolute Gasteiger partial charge is 0.254 e. The third kappa shape index (κ3) is 1.81. The van der Waals surface area contributed by atoms with E-state index >= 15 is 0 Å². The molecule has 0 unspecified atom stereocenters. The SMILES string of the molecule is C1=CN=CC(c2ccccc2)=CN=1. The summed E-state index contributed by atoms with van der Waals surface area (Å²) in [4.78, 5) is 7.94. The standard InChI is InChI=1S/C11H8N2/c1-2-4-10(5-3-1)11-8-12-6-7-13-9-11/h1-6,8-9H. The molecule has 2 nitrogen and oxygen atoms in total. The molecule has 0 spiro atoms. The highest BCUT2D eigenvalue weighted by molar-refractivity contribution is 6.10. The molecule has 1 aliphatic heterocycles. The van der Waals surface area contributed by atoms with Gasteiger partial charge >= 0.3 is 0 Å². The highest BCUT2D eigenvalue weighted by atomic mass is 14.7. The molecule has 1 aromatic carbocycles. The van der Waals surface area contributed by atoms with Gasteiger partial charge in [-0.05, 0) is 5.56 Å². The molecule has 1 heterocycles. The summed E-state index contributed by atoms with van der Waals surface area (Å²) in [7, 11) is 0. The molecule has 0 fully saturated rings. The van der Waals surface area contributed by atoms with E-state index in [1.54, 1.807) is 18.6 Å². The second-order valence-corrected chi connectivity index (χ2v) is 2.62. The van der Waals surface area contributed by atoms with E-state index in [-0.39, 0.29) is 0 Å². The van der Waals surface area contributed by atoms with E-state index in [1.807, 2.05) is 30.3 Å². The third-order valence-corrected chi connectivity index (χ3v) is 1.73. The van der Waals surface area contributed by atoms with E-state index in [0.29, 0.717) is 0 Å². The van der Waals surface area contributed by atoms with Crippen molar-refractivity contribution in [1.29, 1.82) is 0 Å². The van der Waals surface area contributed by atoms with Crippen molar-refractivity contribution >= 4 is 17.7 Å². The van der Waals surface area contributed by atoms with Gasteiger partial charge in [0.05, 0.1) is 6.20 Å². The lowest BCUT2D eigenvalue weighted by atomic mass is 10.1. The maximum Gasteiger partial charge on any atom is 0.0881 e. The van der Waals surface area contributed by atoms with Crippen molar-refractivity contribution in [3.8, 4) is 0 Å². The van der Waals surface area contributed by atoms with E-state index < -0.39 is 0 Å². The van der Waals surface area contributed by atoms with Crippen LogP contribution in [-0.2, 0) is 0 Å². The summed E-state index contributed by atoms with van der Waals surface area (Å²) < 4.78 is 0. The molecule has 62 valence electrons. The molecule has 0 amide bonds. The van der Waals surface area contributed by atoms with Gasteiger partial charge in [0.25, 0.3) is 0 Å². The van der Waals surface area contributed by atoms with Gasteiger partial charge in [0.15, 0.2) is 0 Å². The smallest absolute Gasteiger partial charge is 0.0881 e. The van der Waals surface area contributed by atoms with Gasteiger partial charge in [-0.15, -0.1) is 0 Å². The van der Waals surface area contributed by atoms with Crippen LogP contribution in [0, 0.1) is 0 Å². The first-order valence-corrected chi connectivity index (χ1v) is 4.02. The Morgan fingerprint density at radius 2 is 1.92 bits per heavy atom. The highest BCUT2D eigenvalue weighted by Gasteiger charge is 1.96. The second kappa shape index (κ2) is 3.65. The van der Waals surface area contributed by atoms with E-state index in [9.17, 15) is 0 Å². The van der Waals surface area contributed by atoms with E-state index in [1.165, 1.54) is 0 Å². The fraction of sp³-hybridized carbons (Fsp3) is 0. The molecular weight excluding hydrogens is 160 g/mol. The number of aliphatic imine (C=N–C) groups is 2. The minimum absolute atomic E-state index is 1.00. The maximum absolute atomic E-state index is 4.01. The average molecular weight is 168 g/mol. The van der Waals surface area contributed by atoms with Gasteiger partial charge in [-0.25, -0.2) is 4.99 Å². The van der Waals surface area contributed by atoms with Crippen LogP contribution in [-0.4, -0.2) is 12.1 Å². The van der Waals surface area contributed by atoms with Gasteiger partial charge in [0.1, 0.15) is 0 Å². The lowest BCUT2D eigenvalue weighted by Crippen LogP contribution is -1.83. The lowest BCUT2D eigenvalue weighted by molar-refractivity contribution is 1.58. The van der Waals surface area contributed by atoms with Crippen LogP contribution in [0.2, 0.25) is 0 Å². The summed E-state index contributed by atoms with van der Waals surface area (Å²) in [6.45, 7) is 0. The van der Waals surface area contributed by atoms with Gasteiger partial charge in [-0.3, -0.25) is 4.99 Å². The molecule has 0 radical (unpaired) electrons. The van der Waals surface area contributed by atoms with Crippen molar-refractivity contribution in [3.63, 3.8) is 0 Å². The fourth-order valence-corrected chi connectivity index (χ4v) is 1.10. The molecule has 0 bridgehead atoms. The van der Waals surface area contributed by atoms with Crippen LogP contribution >= 0.6 is 0 Å². The normalized spacial score (nSPS) is 14.0. The molecule has 0 aromatic heterocycles. The number of hydrogen-bond donors (Lipinski definition) is 0. The minimum atomic E-state index is 1.00. The monoisotopic (exact) mass is 168 g/mol. The first kappa shape index (κ1) is 7.71. The quantitative estimate of drug-likeness (QED) is 0.614. The van der Waals surface area contributed by atoms with Gasteiger partial charge in [-0.1, -0.05) is 30.3 Å². The van der Waals surface area contributed by atoms with Crippen molar-refractivity contribution < 1.29 is 0 Å². The number of nitrogens with zero attached hydrogens (tertiary/aromatic N) is 2. The van der Waals surface area contributed by atoms with Crippen molar-refractivity contribution in [2.45, 2.75) is 0 Å². The summed E-state index contributed by atoms with van der Waals surface area (Å²) in [5.41, 5.74) is 2.12. The highest BCUT2D eigenvalue weighted by Crippen LogP contribution is 2.12. The van der Waals surface area contributed by atoms with Crippen LogP contribution in [0.15, 0.2) is 52.7 Å². The number of rotatable bonds is 1. The topological polar surface area (TPSA) is 24.7 Å². The van der Waals surface area contributed by atoms with Crippen LogP contribution in [0.5, 0.6) is 0 Å². The average Bonchev–Trinajstić information content (AvgIpc) is 2.47. The van der Waals surface area contributed by atoms with Crippen LogP contribution in [0.1, 0.15) is 5.56 Å². The summed E-state index contributed by atoms with van der Waals surface area (Å²) >= 11 is 0. The predicted molar refractivity (Wildman–Crippen MR) is 54.9 cm³/mol. The number of hydrogen-bond acceptors (Lipinski definition) is 2. The van der Waals surface area contributed by atoms with Crippen molar-refractivity contribution in [2.75, 3.05) is 0 Å². The zero-order valence-electron chi connectivity index (χ0n) is 7.01. The van der Waals surface area contributed by atoms with Crippen LogP contribution in [0.4, 0.5) is 0 Å². The molecule has 0 saturated heterocycles. The van der Waals surface area contributed by atoms with Crippen molar-refractivity contribution in [3.05, 3.63) is 48.3 Å². The Balaban J connectivity index is 2.39. The molecule has 1 aliphatic rings. The van der Waals surface area contributed by atoms with Gasteiger partial charge in [0.2, 0.25) is 0 Å². The maximum atomic E-state index is 4.01. The predicted octanol–water partition coefficient (Wildman–Crippen LogP) is 2.30. The zero-order valence-corrected chi connectivity index (χ0v) is 7.01. The Labute approximate surface area is 76.7 Å². The zero-order chi connectivity index (χ0) is 8.93. The molecule has 0 aliphatic carbocycles. The van der Waals surface area contributed by atoms with Gasteiger partial charge in [-0.2, -0.15) is 0 Å². The van der Waals surface area contributed by atoms with Crippen LogP contribution in [0.3, 0.4) is 0 Å². The molecule has 13 heavy (non-hydrogen) atoms. The Hall–Kier alpha value is -1.92. The summed E-state index contributed by atoms with van der Waals surface area (Å²) in [6, 6.07) is 10.0. The molecular formula is C11H8N2. The summed E-state index contributed by atoms with van der Waals surface area (Å²) in [5, 5.41) is 0. The van der Waals surface area contributed by atoms with E-state index in [4.69, 9.17) is 0 Å². The van der Waals surface area contributed by atoms with Gasteiger partial charge < -0.3 is 0 Å². The molecule has 0 atom stereocenters. The van der Waals surface area contributed by atoms with Gasteiger partial charge in [0, 0.05) is 23.9 Å². The number of allylic oxidation sites excluding steroid dienone is 1. The lowest BCUT2D eigenvalue weighted by Gasteiger charge is -1.97.